The van der Waals surface area contributed by atoms with Crippen LogP contribution < -0.4 is 11.1 Å². The van der Waals surface area contributed by atoms with Crippen molar-refractivity contribution >= 4 is 22.5 Å². The second kappa shape index (κ2) is 5.06. The minimum absolute atomic E-state index is 0.134. The number of hydrogen-bond acceptors (Lipinski definition) is 3. The van der Waals surface area contributed by atoms with Crippen LogP contribution in [0.3, 0.4) is 0 Å². The van der Waals surface area contributed by atoms with E-state index in [2.05, 4.69) is 36.3 Å². The van der Waals surface area contributed by atoms with Crippen molar-refractivity contribution in [2.75, 3.05) is 5.73 Å². The number of benzene rings is 1. The van der Waals surface area contributed by atoms with Crippen molar-refractivity contribution in [2.45, 2.75) is 46.6 Å². The molecule has 0 radical (unpaired) electrons. The number of nitrogen functional groups attached to an aromatic ring is 1. The summed E-state index contributed by atoms with van der Waals surface area (Å²) >= 11 is 0. The Hall–Kier alpha value is -2.04. The third-order valence-corrected chi connectivity index (χ3v) is 3.23. The number of anilines is 1. The zero-order chi connectivity index (χ0) is 15.8. The number of amides is 1. The number of nitrogens with one attached hydrogen (secondary N) is 2. The van der Waals surface area contributed by atoms with E-state index in [0.717, 1.165) is 17.3 Å². The van der Waals surface area contributed by atoms with Crippen LogP contribution in [0, 0.1) is 5.41 Å². The molecule has 1 amide bonds. The summed E-state index contributed by atoms with van der Waals surface area (Å²) in [7, 11) is 0. The highest BCUT2D eigenvalue weighted by molar-refractivity contribution is 6.05. The first-order chi connectivity index (χ1) is 9.57. The van der Waals surface area contributed by atoms with Gasteiger partial charge in [-0.3, -0.25) is 9.89 Å². The quantitative estimate of drug-likeness (QED) is 0.759. The summed E-state index contributed by atoms with van der Waals surface area (Å²) in [5, 5.41) is 10.8. The van der Waals surface area contributed by atoms with Gasteiger partial charge in [0.25, 0.3) is 5.91 Å². The van der Waals surface area contributed by atoms with Crippen molar-refractivity contribution in [2.24, 2.45) is 5.41 Å². The number of rotatable bonds is 3. The molecular weight excluding hydrogens is 264 g/mol. The summed E-state index contributed by atoms with van der Waals surface area (Å²) in [5.41, 5.74) is 7.43. The summed E-state index contributed by atoms with van der Waals surface area (Å²) in [6.07, 6.45) is 0.871. The van der Waals surface area contributed by atoms with Gasteiger partial charge in [0.2, 0.25) is 0 Å². The predicted molar refractivity (Wildman–Crippen MR) is 86.1 cm³/mol. The first-order valence-corrected chi connectivity index (χ1v) is 7.14. The molecule has 0 aliphatic rings. The largest absolute Gasteiger partial charge is 0.399 e. The van der Waals surface area contributed by atoms with Gasteiger partial charge in [-0.25, -0.2) is 0 Å². The highest BCUT2D eigenvalue weighted by atomic mass is 16.2. The lowest BCUT2D eigenvalue weighted by atomic mass is 9.82. The fourth-order valence-corrected chi connectivity index (χ4v) is 2.94. The number of carbonyl (C=O) groups excluding carboxylic acids is 1. The van der Waals surface area contributed by atoms with Gasteiger partial charge in [-0.1, -0.05) is 20.8 Å². The van der Waals surface area contributed by atoms with Crippen LogP contribution in [0.2, 0.25) is 0 Å². The molecule has 21 heavy (non-hydrogen) atoms. The van der Waals surface area contributed by atoms with E-state index >= 15 is 0 Å². The number of nitrogens with zero attached hydrogens (tertiary/aromatic N) is 1. The summed E-state index contributed by atoms with van der Waals surface area (Å²) < 4.78 is 0. The molecule has 0 fully saturated rings. The van der Waals surface area contributed by atoms with Crippen molar-refractivity contribution in [1.82, 2.24) is 15.5 Å². The molecule has 5 nitrogen and oxygen atoms in total. The second-order valence-electron chi connectivity index (χ2n) is 7.45. The minimum atomic E-state index is -0.305. The number of aromatic amines is 1. The molecule has 0 aliphatic heterocycles. The van der Waals surface area contributed by atoms with Gasteiger partial charge >= 0.3 is 0 Å². The van der Waals surface area contributed by atoms with E-state index < -0.39 is 0 Å². The second-order valence-corrected chi connectivity index (χ2v) is 7.45. The van der Waals surface area contributed by atoms with Crippen molar-refractivity contribution < 1.29 is 4.79 Å². The maximum absolute atomic E-state index is 12.5. The van der Waals surface area contributed by atoms with Gasteiger partial charge in [0.15, 0.2) is 5.69 Å². The SMILES string of the molecule is CC(C)(C)CC(C)(C)NC(=O)c1n[nH]c2ccc(N)cc12. The van der Waals surface area contributed by atoms with Gasteiger partial charge in [-0.2, -0.15) is 5.10 Å². The molecule has 4 N–H and O–H groups in total. The molecule has 5 heteroatoms. The fourth-order valence-electron chi connectivity index (χ4n) is 2.94. The molecular formula is C16H24N4O. The van der Waals surface area contributed by atoms with Gasteiger partial charge in [0.1, 0.15) is 0 Å². The zero-order valence-electron chi connectivity index (χ0n) is 13.4. The third kappa shape index (κ3) is 3.74. The smallest absolute Gasteiger partial charge is 0.272 e. The highest BCUT2D eigenvalue weighted by Crippen LogP contribution is 2.27. The number of aromatic nitrogens is 2. The molecule has 0 bridgehead atoms. The predicted octanol–water partition coefficient (Wildman–Crippen LogP) is 3.09. The molecule has 0 aliphatic carbocycles. The van der Waals surface area contributed by atoms with Crippen molar-refractivity contribution in [3.8, 4) is 0 Å². The molecule has 2 aromatic rings. The summed E-state index contributed by atoms with van der Waals surface area (Å²) in [6.45, 7) is 10.5. The van der Waals surface area contributed by atoms with E-state index in [9.17, 15) is 4.79 Å². The molecule has 0 atom stereocenters. The summed E-state index contributed by atoms with van der Waals surface area (Å²) in [5.74, 6) is -0.180. The van der Waals surface area contributed by atoms with E-state index in [1.807, 2.05) is 19.9 Å². The molecule has 0 saturated carbocycles. The number of nitrogens with two attached hydrogens (primary N) is 1. The Labute approximate surface area is 125 Å². The van der Waals surface area contributed by atoms with Gasteiger partial charge in [0, 0.05) is 16.6 Å². The lowest BCUT2D eigenvalue weighted by molar-refractivity contribution is 0.0888. The fraction of sp³-hybridized carbons (Fsp3) is 0.500. The minimum Gasteiger partial charge on any atom is -0.399 e. The normalized spacial score (nSPS) is 12.6. The van der Waals surface area contributed by atoms with Crippen LogP contribution in [0.5, 0.6) is 0 Å². The molecule has 1 aromatic carbocycles. The first-order valence-electron chi connectivity index (χ1n) is 7.14. The van der Waals surface area contributed by atoms with E-state index in [-0.39, 0.29) is 16.9 Å². The first kappa shape index (κ1) is 15.4. The number of fused-ring (bicyclic) bond motifs is 1. The van der Waals surface area contributed by atoms with Gasteiger partial charge in [0.05, 0.1) is 5.52 Å². The molecule has 0 unspecified atom stereocenters. The highest BCUT2D eigenvalue weighted by Gasteiger charge is 2.28. The van der Waals surface area contributed by atoms with Crippen LogP contribution >= 0.6 is 0 Å². The standard InChI is InChI=1S/C16H24N4O/c1-15(2,3)9-16(4,5)18-14(21)13-11-8-10(17)6-7-12(11)19-20-13/h6-8H,9,17H2,1-5H3,(H,18,21)(H,19,20). The van der Waals surface area contributed by atoms with Gasteiger partial charge in [-0.15, -0.1) is 0 Å². The van der Waals surface area contributed by atoms with Crippen LogP contribution in [0.15, 0.2) is 18.2 Å². The Kier molecular flexibility index (Phi) is 3.70. The Morgan fingerprint density at radius 2 is 1.95 bits per heavy atom. The lowest BCUT2D eigenvalue weighted by Gasteiger charge is -2.33. The Morgan fingerprint density at radius 1 is 1.29 bits per heavy atom. The van der Waals surface area contributed by atoms with Crippen molar-refractivity contribution in [1.29, 1.82) is 0 Å². The maximum Gasteiger partial charge on any atom is 0.272 e. The lowest BCUT2D eigenvalue weighted by Crippen LogP contribution is -2.46. The molecule has 114 valence electrons. The molecule has 0 saturated heterocycles. The summed E-state index contributed by atoms with van der Waals surface area (Å²) in [4.78, 5) is 12.5. The van der Waals surface area contributed by atoms with Gasteiger partial charge < -0.3 is 11.1 Å². The van der Waals surface area contributed by atoms with Crippen LogP contribution in [-0.2, 0) is 0 Å². The van der Waals surface area contributed by atoms with Crippen LogP contribution in [0.4, 0.5) is 5.69 Å². The monoisotopic (exact) mass is 288 g/mol. The van der Waals surface area contributed by atoms with Gasteiger partial charge in [-0.05, 0) is 43.9 Å². The molecule has 0 spiro atoms. The van der Waals surface area contributed by atoms with E-state index in [0.29, 0.717) is 11.4 Å². The van der Waals surface area contributed by atoms with Crippen molar-refractivity contribution in [3.63, 3.8) is 0 Å². The third-order valence-electron chi connectivity index (χ3n) is 3.23. The zero-order valence-corrected chi connectivity index (χ0v) is 13.4. The van der Waals surface area contributed by atoms with Crippen LogP contribution in [-0.4, -0.2) is 21.6 Å². The number of carbonyl (C=O) groups is 1. The number of hydrogen-bond donors (Lipinski definition) is 3. The van der Waals surface area contributed by atoms with Crippen molar-refractivity contribution in [3.05, 3.63) is 23.9 Å². The Morgan fingerprint density at radius 3 is 2.57 bits per heavy atom. The summed E-state index contributed by atoms with van der Waals surface area (Å²) in [6, 6.07) is 5.38. The maximum atomic E-state index is 12.5. The van der Waals surface area contributed by atoms with Crippen LogP contribution in [0.1, 0.15) is 51.5 Å². The Balaban J connectivity index is 2.25. The average molecular weight is 288 g/mol. The Bertz CT molecular complexity index is 664. The average Bonchev–Trinajstić information content (AvgIpc) is 2.67. The topological polar surface area (TPSA) is 83.8 Å². The van der Waals surface area contributed by atoms with E-state index in [1.54, 1.807) is 12.1 Å². The molecule has 1 aromatic heterocycles. The van der Waals surface area contributed by atoms with Crippen LogP contribution in [0.25, 0.3) is 10.9 Å². The molecule has 2 rings (SSSR count). The van der Waals surface area contributed by atoms with E-state index in [4.69, 9.17) is 5.73 Å². The van der Waals surface area contributed by atoms with E-state index in [1.165, 1.54) is 0 Å². The number of H-pyrrole nitrogens is 1. The molecule has 1 heterocycles.